The van der Waals surface area contributed by atoms with Gasteiger partial charge in [-0.2, -0.15) is 0 Å². The minimum atomic E-state index is -0.422. The molecule has 0 amide bonds. The average Bonchev–Trinajstić information content (AvgIpc) is 3.23. The molecule has 0 fully saturated rings. The van der Waals surface area contributed by atoms with Crippen molar-refractivity contribution >= 4 is 34.6 Å². The van der Waals surface area contributed by atoms with Crippen LogP contribution in [0.25, 0.3) is 0 Å². The fourth-order valence-corrected chi connectivity index (χ4v) is 5.06. The Balaban J connectivity index is 1.54. The second-order valence-corrected chi connectivity index (χ2v) is 9.23. The van der Waals surface area contributed by atoms with E-state index in [-0.39, 0.29) is 0 Å². The van der Waals surface area contributed by atoms with Crippen LogP contribution in [-0.2, 0) is 17.7 Å². The second kappa shape index (κ2) is 10.2. The van der Waals surface area contributed by atoms with Gasteiger partial charge in [-0.25, -0.2) is 4.79 Å². The lowest BCUT2D eigenvalue weighted by atomic mass is 9.92. The van der Waals surface area contributed by atoms with Crippen molar-refractivity contribution in [1.82, 2.24) is 0 Å². The third kappa shape index (κ3) is 5.03. The van der Waals surface area contributed by atoms with Gasteiger partial charge in [0.05, 0.1) is 18.4 Å². The molecule has 1 aliphatic rings. The molecule has 0 radical (unpaired) electrons. The summed E-state index contributed by atoms with van der Waals surface area (Å²) in [5, 5.41) is 4.02. The molecule has 176 valence electrons. The number of methoxy groups -OCH3 is 1. The number of esters is 1. The number of fused-ring (bicyclic) bond motifs is 1. The first kappa shape index (κ1) is 23.0. The summed E-state index contributed by atoms with van der Waals surface area (Å²) >= 11 is 6.18. The van der Waals surface area contributed by atoms with E-state index >= 15 is 0 Å². The molecular weight excluding hydrogens is 456 g/mol. The third-order valence-corrected chi connectivity index (χ3v) is 6.71. The smallest absolute Gasteiger partial charge is 0.340 e. The number of nitrogens with one attached hydrogen (secondary N) is 1. The van der Waals surface area contributed by atoms with E-state index in [0.29, 0.717) is 22.2 Å². The minimum absolute atomic E-state index is 0.300. The number of halogens is 1. The van der Waals surface area contributed by atoms with Crippen molar-refractivity contribution in [2.24, 2.45) is 0 Å². The number of hydrogen-bond acceptors (Lipinski definition) is 4. The van der Waals surface area contributed by atoms with Crippen molar-refractivity contribution < 1.29 is 9.53 Å². The summed E-state index contributed by atoms with van der Waals surface area (Å²) in [7, 11) is 1.38. The van der Waals surface area contributed by atoms with Gasteiger partial charge in [-0.3, -0.25) is 0 Å². The highest BCUT2D eigenvalue weighted by molar-refractivity contribution is 6.31. The maximum atomic E-state index is 12.4. The molecule has 4 nitrogen and oxygen atoms in total. The van der Waals surface area contributed by atoms with Gasteiger partial charge in [0.2, 0.25) is 0 Å². The molecule has 0 saturated carbocycles. The van der Waals surface area contributed by atoms with Gasteiger partial charge in [0.25, 0.3) is 0 Å². The first-order valence-corrected chi connectivity index (χ1v) is 12.1. The monoisotopic (exact) mass is 482 g/mol. The van der Waals surface area contributed by atoms with Crippen LogP contribution in [0.3, 0.4) is 0 Å². The molecule has 0 aromatic heterocycles. The standard InChI is InChI=1S/C30H27ClN2O2/c1-35-30(34)25-18-24(31)15-16-26(25)32-27-13-8-14-28-29(27)23(17-21-9-4-2-5-10-21)20-33(28)19-22-11-6-3-7-12-22/h2-16,18,23,32H,17,19-20H2,1H3. The van der Waals surface area contributed by atoms with E-state index in [0.717, 1.165) is 25.2 Å². The van der Waals surface area contributed by atoms with Crippen molar-refractivity contribution in [3.8, 4) is 0 Å². The zero-order valence-electron chi connectivity index (χ0n) is 19.6. The number of benzene rings is 4. The first-order valence-electron chi connectivity index (χ1n) is 11.7. The van der Waals surface area contributed by atoms with Crippen LogP contribution in [0, 0.1) is 0 Å². The minimum Gasteiger partial charge on any atom is -0.465 e. The Kier molecular flexibility index (Phi) is 6.73. The molecule has 4 aromatic carbocycles. The Morgan fingerprint density at radius 1 is 0.914 bits per heavy atom. The van der Waals surface area contributed by atoms with Crippen LogP contribution >= 0.6 is 11.6 Å². The second-order valence-electron chi connectivity index (χ2n) is 8.80. The molecular formula is C30H27ClN2O2. The molecule has 0 aliphatic carbocycles. The molecule has 1 N–H and O–H groups in total. The highest BCUT2D eigenvalue weighted by Crippen LogP contribution is 2.44. The fourth-order valence-electron chi connectivity index (χ4n) is 4.89. The predicted molar refractivity (Wildman–Crippen MR) is 143 cm³/mol. The highest BCUT2D eigenvalue weighted by atomic mass is 35.5. The lowest BCUT2D eigenvalue weighted by Crippen LogP contribution is -2.21. The Hall–Kier alpha value is -3.76. The third-order valence-electron chi connectivity index (χ3n) is 6.47. The van der Waals surface area contributed by atoms with E-state index < -0.39 is 5.97 Å². The molecule has 0 bridgehead atoms. The van der Waals surface area contributed by atoms with Gasteiger partial charge in [-0.05, 0) is 47.9 Å². The zero-order chi connectivity index (χ0) is 24.2. The normalized spacial score (nSPS) is 14.5. The van der Waals surface area contributed by atoms with Crippen molar-refractivity contribution in [3.63, 3.8) is 0 Å². The fraction of sp³-hybridized carbons (Fsp3) is 0.167. The highest BCUT2D eigenvalue weighted by Gasteiger charge is 2.31. The molecule has 4 aromatic rings. The molecule has 0 spiro atoms. The van der Waals surface area contributed by atoms with Crippen LogP contribution in [0.1, 0.15) is 33.0 Å². The van der Waals surface area contributed by atoms with E-state index in [9.17, 15) is 4.79 Å². The maximum absolute atomic E-state index is 12.4. The lowest BCUT2D eigenvalue weighted by molar-refractivity contribution is 0.0602. The van der Waals surface area contributed by atoms with Gasteiger partial charge in [-0.1, -0.05) is 78.3 Å². The molecule has 5 heteroatoms. The van der Waals surface area contributed by atoms with Crippen molar-refractivity contribution in [3.05, 3.63) is 124 Å². The summed E-state index contributed by atoms with van der Waals surface area (Å²) in [6, 6.07) is 32.7. The SMILES string of the molecule is COC(=O)c1cc(Cl)ccc1Nc1cccc2c1C(Cc1ccccc1)CN2Cc1ccccc1. The van der Waals surface area contributed by atoms with Crippen molar-refractivity contribution in [2.75, 3.05) is 23.9 Å². The number of carbonyl (C=O) groups excluding carboxylic acids is 1. The summed E-state index contributed by atoms with van der Waals surface area (Å²) in [5.74, 6) is -0.122. The van der Waals surface area contributed by atoms with Crippen LogP contribution in [-0.4, -0.2) is 19.6 Å². The number of rotatable bonds is 7. The molecule has 0 saturated heterocycles. The molecule has 35 heavy (non-hydrogen) atoms. The number of anilines is 3. The van der Waals surface area contributed by atoms with E-state index in [1.54, 1.807) is 12.1 Å². The van der Waals surface area contributed by atoms with E-state index in [1.807, 2.05) is 12.1 Å². The van der Waals surface area contributed by atoms with Crippen molar-refractivity contribution in [2.45, 2.75) is 18.9 Å². The maximum Gasteiger partial charge on any atom is 0.340 e. The van der Waals surface area contributed by atoms with Gasteiger partial charge < -0.3 is 15.0 Å². The molecule has 1 heterocycles. The topological polar surface area (TPSA) is 41.6 Å². The molecule has 1 atom stereocenters. The molecule has 1 aliphatic heterocycles. The lowest BCUT2D eigenvalue weighted by Gasteiger charge is -2.20. The summed E-state index contributed by atoms with van der Waals surface area (Å²) < 4.78 is 5.00. The molecule has 1 unspecified atom stereocenters. The van der Waals surface area contributed by atoms with Gasteiger partial charge in [-0.15, -0.1) is 0 Å². The predicted octanol–water partition coefficient (Wildman–Crippen LogP) is 7.22. The number of hydrogen-bond donors (Lipinski definition) is 1. The Morgan fingerprint density at radius 2 is 1.63 bits per heavy atom. The van der Waals surface area contributed by atoms with Gasteiger partial charge >= 0.3 is 5.97 Å². The Labute approximate surface area is 211 Å². The van der Waals surface area contributed by atoms with Crippen LogP contribution in [0.5, 0.6) is 0 Å². The van der Waals surface area contributed by atoms with Crippen LogP contribution < -0.4 is 10.2 Å². The first-order chi connectivity index (χ1) is 17.1. The van der Waals surface area contributed by atoms with E-state index in [4.69, 9.17) is 16.3 Å². The van der Waals surface area contributed by atoms with Crippen LogP contribution in [0.2, 0.25) is 5.02 Å². The Bertz CT molecular complexity index is 1330. The van der Waals surface area contributed by atoms with E-state index in [2.05, 4.69) is 83.0 Å². The number of carbonyl (C=O) groups is 1. The average molecular weight is 483 g/mol. The summed E-state index contributed by atoms with van der Waals surface area (Å²) in [6.07, 6.45) is 0.933. The van der Waals surface area contributed by atoms with Gasteiger partial charge in [0.15, 0.2) is 0 Å². The quantitative estimate of drug-likeness (QED) is 0.282. The summed E-state index contributed by atoms with van der Waals surface area (Å²) in [5.41, 5.74) is 7.15. The van der Waals surface area contributed by atoms with Crippen molar-refractivity contribution in [1.29, 1.82) is 0 Å². The Morgan fingerprint density at radius 3 is 2.34 bits per heavy atom. The van der Waals surface area contributed by atoms with Crippen LogP contribution in [0.15, 0.2) is 97.1 Å². The van der Waals surface area contributed by atoms with E-state index in [1.165, 1.54) is 29.5 Å². The van der Waals surface area contributed by atoms with Gasteiger partial charge in [0.1, 0.15) is 0 Å². The number of nitrogens with zero attached hydrogens (tertiary/aromatic N) is 1. The largest absolute Gasteiger partial charge is 0.465 e. The van der Waals surface area contributed by atoms with Crippen LogP contribution in [0.4, 0.5) is 17.1 Å². The number of ether oxygens (including phenoxy) is 1. The summed E-state index contributed by atoms with van der Waals surface area (Å²) in [4.78, 5) is 14.9. The van der Waals surface area contributed by atoms with Gasteiger partial charge in [0, 0.05) is 41.0 Å². The summed E-state index contributed by atoms with van der Waals surface area (Å²) in [6.45, 7) is 1.76. The zero-order valence-corrected chi connectivity index (χ0v) is 20.3. The molecule has 5 rings (SSSR count).